The standard InChI is InChI=1S/C14H14ClN3O/c1-8-6-11(13(15)17-7-8)18-14(19)10-5-3-4-9(2)12(10)16/h3-7H,16H2,1-2H3,(H,18,19). The zero-order valence-electron chi connectivity index (χ0n) is 10.7. The number of rotatable bonds is 2. The molecule has 1 aromatic carbocycles. The number of anilines is 2. The molecular formula is C14H14ClN3O. The molecule has 1 amide bonds. The Morgan fingerprint density at radius 2 is 2.11 bits per heavy atom. The smallest absolute Gasteiger partial charge is 0.257 e. The van der Waals surface area contributed by atoms with Crippen molar-refractivity contribution in [2.45, 2.75) is 13.8 Å². The SMILES string of the molecule is Cc1cnc(Cl)c(NC(=O)c2cccc(C)c2N)c1. The Balaban J connectivity index is 2.31. The fourth-order valence-corrected chi connectivity index (χ4v) is 1.86. The Hall–Kier alpha value is -2.07. The van der Waals surface area contributed by atoms with Crippen LogP contribution in [-0.4, -0.2) is 10.9 Å². The minimum Gasteiger partial charge on any atom is -0.398 e. The van der Waals surface area contributed by atoms with E-state index in [1.54, 1.807) is 24.4 Å². The molecule has 1 heterocycles. The number of carbonyl (C=O) groups is 1. The van der Waals surface area contributed by atoms with Gasteiger partial charge in [-0.2, -0.15) is 0 Å². The Morgan fingerprint density at radius 1 is 1.37 bits per heavy atom. The predicted molar refractivity (Wildman–Crippen MR) is 77.5 cm³/mol. The maximum absolute atomic E-state index is 12.2. The highest BCUT2D eigenvalue weighted by Crippen LogP contribution is 2.22. The summed E-state index contributed by atoms with van der Waals surface area (Å²) in [7, 11) is 0. The number of nitrogens with one attached hydrogen (secondary N) is 1. The number of para-hydroxylation sites is 1. The number of hydrogen-bond donors (Lipinski definition) is 2. The van der Waals surface area contributed by atoms with Gasteiger partial charge in [0.2, 0.25) is 0 Å². The highest BCUT2D eigenvalue weighted by molar-refractivity contribution is 6.32. The first-order chi connectivity index (χ1) is 8.99. The summed E-state index contributed by atoms with van der Waals surface area (Å²) in [5, 5.41) is 2.98. The Morgan fingerprint density at radius 3 is 2.84 bits per heavy atom. The average molecular weight is 276 g/mol. The van der Waals surface area contributed by atoms with Crippen molar-refractivity contribution < 1.29 is 4.79 Å². The Labute approximate surface area is 116 Å². The number of nitrogen functional groups attached to an aromatic ring is 1. The van der Waals surface area contributed by atoms with Gasteiger partial charge in [0, 0.05) is 11.9 Å². The van der Waals surface area contributed by atoms with E-state index in [4.69, 9.17) is 17.3 Å². The number of aromatic nitrogens is 1. The van der Waals surface area contributed by atoms with Crippen molar-refractivity contribution in [2.75, 3.05) is 11.1 Å². The number of nitrogens with zero attached hydrogens (tertiary/aromatic N) is 1. The summed E-state index contributed by atoms with van der Waals surface area (Å²) in [6.45, 7) is 3.73. The lowest BCUT2D eigenvalue weighted by molar-refractivity contribution is 0.102. The lowest BCUT2D eigenvalue weighted by atomic mass is 10.1. The highest BCUT2D eigenvalue weighted by atomic mass is 35.5. The molecule has 0 saturated carbocycles. The van der Waals surface area contributed by atoms with Crippen LogP contribution in [0, 0.1) is 13.8 Å². The van der Waals surface area contributed by atoms with Crippen LogP contribution >= 0.6 is 11.6 Å². The average Bonchev–Trinajstić information content (AvgIpc) is 2.37. The largest absolute Gasteiger partial charge is 0.398 e. The maximum Gasteiger partial charge on any atom is 0.257 e. The lowest BCUT2D eigenvalue weighted by Gasteiger charge is -2.10. The molecule has 5 heteroatoms. The third kappa shape index (κ3) is 2.85. The van der Waals surface area contributed by atoms with E-state index in [2.05, 4.69) is 10.3 Å². The minimum atomic E-state index is -0.296. The van der Waals surface area contributed by atoms with Crippen LogP contribution in [0.5, 0.6) is 0 Å². The summed E-state index contributed by atoms with van der Waals surface area (Å²) in [4.78, 5) is 16.2. The molecule has 0 fully saturated rings. The molecule has 2 rings (SSSR count). The van der Waals surface area contributed by atoms with Gasteiger partial charge in [0.25, 0.3) is 5.91 Å². The Kier molecular flexibility index (Phi) is 3.71. The summed E-state index contributed by atoms with van der Waals surface area (Å²) in [5.74, 6) is -0.296. The van der Waals surface area contributed by atoms with Crippen LogP contribution in [0.3, 0.4) is 0 Å². The van der Waals surface area contributed by atoms with Gasteiger partial charge in [0.05, 0.1) is 11.3 Å². The van der Waals surface area contributed by atoms with E-state index in [0.717, 1.165) is 11.1 Å². The number of amides is 1. The fraction of sp³-hybridized carbons (Fsp3) is 0.143. The van der Waals surface area contributed by atoms with Gasteiger partial charge in [-0.1, -0.05) is 23.7 Å². The van der Waals surface area contributed by atoms with Gasteiger partial charge in [-0.05, 0) is 37.1 Å². The van der Waals surface area contributed by atoms with Crippen LogP contribution in [-0.2, 0) is 0 Å². The van der Waals surface area contributed by atoms with Crippen LogP contribution < -0.4 is 11.1 Å². The zero-order chi connectivity index (χ0) is 14.0. The molecular weight excluding hydrogens is 262 g/mol. The molecule has 1 aromatic heterocycles. The maximum atomic E-state index is 12.2. The van der Waals surface area contributed by atoms with Gasteiger partial charge in [-0.15, -0.1) is 0 Å². The monoisotopic (exact) mass is 275 g/mol. The Bertz CT molecular complexity index is 641. The first-order valence-corrected chi connectivity index (χ1v) is 6.15. The molecule has 0 radical (unpaired) electrons. The number of aryl methyl sites for hydroxylation is 2. The van der Waals surface area contributed by atoms with E-state index in [-0.39, 0.29) is 11.1 Å². The lowest BCUT2D eigenvalue weighted by Crippen LogP contribution is -2.15. The second-order valence-electron chi connectivity index (χ2n) is 4.34. The van der Waals surface area contributed by atoms with Crippen molar-refractivity contribution in [1.82, 2.24) is 4.98 Å². The number of carbonyl (C=O) groups excluding carboxylic acids is 1. The van der Waals surface area contributed by atoms with E-state index < -0.39 is 0 Å². The molecule has 0 bridgehead atoms. The van der Waals surface area contributed by atoms with E-state index in [1.165, 1.54) is 0 Å². The van der Waals surface area contributed by atoms with Gasteiger partial charge < -0.3 is 11.1 Å². The summed E-state index contributed by atoms with van der Waals surface area (Å²) < 4.78 is 0. The number of hydrogen-bond acceptors (Lipinski definition) is 3. The summed E-state index contributed by atoms with van der Waals surface area (Å²) in [5.41, 5.74) is 9.05. The van der Waals surface area contributed by atoms with Crippen LogP contribution in [0.15, 0.2) is 30.5 Å². The van der Waals surface area contributed by atoms with E-state index in [0.29, 0.717) is 16.9 Å². The topological polar surface area (TPSA) is 68.0 Å². The normalized spacial score (nSPS) is 10.3. The van der Waals surface area contributed by atoms with Gasteiger partial charge in [0.15, 0.2) is 5.15 Å². The summed E-state index contributed by atoms with van der Waals surface area (Å²) >= 11 is 5.94. The molecule has 0 aliphatic carbocycles. The van der Waals surface area contributed by atoms with Crippen molar-refractivity contribution in [3.8, 4) is 0 Å². The van der Waals surface area contributed by atoms with Crippen molar-refractivity contribution in [1.29, 1.82) is 0 Å². The molecule has 4 nitrogen and oxygen atoms in total. The molecule has 0 aliphatic rings. The summed E-state index contributed by atoms with van der Waals surface area (Å²) in [6.07, 6.45) is 1.64. The molecule has 0 saturated heterocycles. The first-order valence-electron chi connectivity index (χ1n) is 5.77. The molecule has 0 spiro atoms. The molecule has 0 aliphatic heterocycles. The number of pyridine rings is 1. The molecule has 19 heavy (non-hydrogen) atoms. The zero-order valence-corrected chi connectivity index (χ0v) is 11.5. The second-order valence-corrected chi connectivity index (χ2v) is 4.70. The van der Waals surface area contributed by atoms with E-state index >= 15 is 0 Å². The summed E-state index contributed by atoms with van der Waals surface area (Å²) in [6, 6.07) is 7.08. The number of halogens is 1. The second kappa shape index (κ2) is 5.28. The van der Waals surface area contributed by atoms with Crippen LogP contribution in [0.25, 0.3) is 0 Å². The quantitative estimate of drug-likeness (QED) is 0.653. The highest BCUT2D eigenvalue weighted by Gasteiger charge is 2.13. The van der Waals surface area contributed by atoms with Crippen molar-refractivity contribution in [3.63, 3.8) is 0 Å². The van der Waals surface area contributed by atoms with Gasteiger partial charge in [-0.25, -0.2) is 4.98 Å². The molecule has 0 atom stereocenters. The van der Waals surface area contributed by atoms with E-state index in [1.807, 2.05) is 19.9 Å². The number of nitrogens with two attached hydrogens (primary N) is 1. The van der Waals surface area contributed by atoms with Crippen molar-refractivity contribution in [3.05, 3.63) is 52.3 Å². The third-order valence-corrected chi connectivity index (χ3v) is 3.09. The predicted octanol–water partition coefficient (Wildman–Crippen LogP) is 3.19. The first kappa shape index (κ1) is 13.4. The third-order valence-electron chi connectivity index (χ3n) is 2.79. The van der Waals surface area contributed by atoms with Gasteiger partial charge in [0.1, 0.15) is 0 Å². The van der Waals surface area contributed by atoms with Crippen molar-refractivity contribution >= 4 is 28.9 Å². The van der Waals surface area contributed by atoms with E-state index in [9.17, 15) is 4.79 Å². The molecule has 0 unspecified atom stereocenters. The fourth-order valence-electron chi connectivity index (χ4n) is 1.71. The molecule has 2 aromatic rings. The van der Waals surface area contributed by atoms with Gasteiger partial charge >= 0.3 is 0 Å². The number of benzene rings is 1. The van der Waals surface area contributed by atoms with Crippen LogP contribution in [0.2, 0.25) is 5.15 Å². The van der Waals surface area contributed by atoms with Crippen LogP contribution in [0.1, 0.15) is 21.5 Å². The molecule has 3 N–H and O–H groups in total. The van der Waals surface area contributed by atoms with Crippen LogP contribution in [0.4, 0.5) is 11.4 Å². The van der Waals surface area contributed by atoms with Gasteiger partial charge in [-0.3, -0.25) is 4.79 Å². The molecule has 98 valence electrons. The minimum absolute atomic E-state index is 0.255. The van der Waals surface area contributed by atoms with Crippen molar-refractivity contribution in [2.24, 2.45) is 0 Å².